The van der Waals surface area contributed by atoms with Crippen LogP contribution in [0.2, 0.25) is 0 Å². The number of nitrogens with one attached hydrogen (secondary N) is 2. The van der Waals surface area contributed by atoms with E-state index in [-0.39, 0.29) is 5.91 Å². The standard InChI is InChI=1S/C25H37N7O/c1-31(2)21-9-13-32(14-10-21)23(33)16-18-5-3-6-20(15-18)29-25-28-17-22(19-7-8-19)24(30-25)27-12-4-11-26/h3,5-6,15,17,19,21H,4,7-14,16,26H2,1-2H3,(H2,27,28,29,30). The summed E-state index contributed by atoms with van der Waals surface area (Å²) in [4.78, 5) is 26.4. The molecule has 1 aliphatic heterocycles. The lowest BCUT2D eigenvalue weighted by Crippen LogP contribution is -2.44. The first-order valence-corrected chi connectivity index (χ1v) is 12.1. The van der Waals surface area contributed by atoms with Gasteiger partial charge in [0.05, 0.1) is 6.42 Å². The van der Waals surface area contributed by atoms with Crippen molar-refractivity contribution in [3.8, 4) is 0 Å². The Kier molecular flexibility index (Phi) is 7.77. The summed E-state index contributed by atoms with van der Waals surface area (Å²) in [5.41, 5.74) is 8.71. The lowest BCUT2D eigenvalue weighted by molar-refractivity contribution is -0.131. The van der Waals surface area contributed by atoms with Gasteiger partial charge in [-0.25, -0.2) is 4.98 Å². The summed E-state index contributed by atoms with van der Waals surface area (Å²) in [6.45, 7) is 3.12. The van der Waals surface area contributed by atoms with E-state index in [9.17, 15) is 4.79 Å². The van der Waals surface area contributed by atoms with Crippen LogP contribution in [-0.4, -0.2) is 72.0 Å². The van der Waals surface area contributed by atoms with Gasteiger partial charge in [0.1, 0.15) is 5.82 Å². The van der Waals surface area contributed by atoms with Gasteiger partial charge in [-0.15, -0.1) is 0 Å². The lowest BCUT2D eigenvalue weighted by Gasteiger charge is -2.35. The Morgan fingerprint density at radius 3 is 2.70 bits per heavy atom. The number of nitrogens with two attached hydrogens (primary N) is 1. The molecule has 178 valence electrons. The molecule has 2 heterocycles. The van der Waals surface area contributed by atoms with Crippen molar-refractivity contribution >= 4 is 23.4 Å². The summed E-state index contributed by atoms with van der Waals surface area (Å²) in [6, 6.07) is 8.55. The molecule has 0 radical (unpaired) electrons. The third-order valence-electron chi connectivity index (χ3n) is 6.59. The van der Waals surface area contributed by atoms with Crippen LogP contribution in [0.15, 0.2) is 30.5 Å². The summed E-state index contributed by atoms with van der Waals surface area (Å²) in [5, 5.41) is 6.74. The molecule has 0 spiro atoms. The number of hydrogen-bond acceptors (Lipinski definition) is 7. The van der Waals surface area contributed by atoms with Crippen molar-refractivity contribution in [2.24, 2.45) is 5.73 Å². The van der Waals surface area contributed by atoms with Gasteiger partial charge in [-0.3, -0.25) is 4.79 Å². The number of carbonyl (C=O) groups excluding carboxylic acids is 1. The number of hydrogen-bond donors (Lipinski definition) is 3. The van der Waals surface area contributed by atoms with Crippen molar-refractivity contribution in [1.29, 1.82) is 0 Å². The predicted octanol–water partition coefficient (Wildman–Crippen LogP) is 2.95. The second-order valence-electron chi connectivity index (χ2n) is 9.42. The number of likely N-dealkylation sites (tertiary alicyclic amines) is 1. The Labute approximate surface area is 197 Å². The highest BCUT2D eigenvalue weighted by molar-refractivity contribution is 5.79. The van der Waals surface area contributed by atoms with Crippen LogP contribution in [0.3, 0.4) is 0 Å². The van der Waals surface area contributed by atoms with Crippen LogP contribution in [-0.2, 0) is 11.2 Å². The average Bonchev–Trinajstić information content (AvgIpc) is 3.65. The Bertz CT molecular complexity index is 936. The monoisotopic (exact) mass is 451 g/mol. The van der Waals surface area contributed by atoms with Crippen molar-refractivity contribution in [2.45, 2.75) is 50.5 Å². The highest BCUT2D eigenvalue weighted by atomic mass is 16.2. The lowest BCUT2D eigenvalue weighted by atomic mass is 10.0. The zero-order chi connectivity index (χ0) is 23.2. The van der Waals surface area contributed by atoms with E-state index in [0.29, 0.717) is 30.9 Å². The molecule has 1 saturated carbocycles. The molecule has 1 aromatic heterocycles. The first kappa shape index (κ1) is 23.4. The largest absolute Gasteiger partial charge is 0.370 e. The number of benzene rings is 1. The first-order chi connectivity index (χ1) is 16.0. The molecule has 4 N–H and O–H groups in total. The van der Waals surface area contributed by atoms with Crippen LogP contribution < -0.4 is 16.4 Å². The van der Waals surface area contributed by atoms with Crippen molar-refractivity contribution in [3.05, 3.63) is 41.6 Å². The van der Waals surface area contributed by atoms with E-state index in [1.165, 1.54) is 18.4 Å². The van der Waals surface area contributed by atoms with Gasteiger partial charge in [0, 0.05) is 43.1 Å². The molecule has 0 atom stereocenters. The molecule has 4 rings (SSSR count). The molecular weight excluding hydrogens is 414 g/mol. The van der Waals surface area contributed by atoms with E-state index in [4.69, 9.17) is 10.7 Å². The van der Waals surface area contributed by atoms with Crippen molar-refractivity contribution in [2.75, 3.05) is 50.9 Å². The van der Waals surface area contributed by atoms with E-state index in [2.05, 4.69) is 34.6 Å². The molecule has 0 unspecified atom stereocenters. The third-order valence-corrected chi connectivity index (χ3v) is 6.59. The zero-order valence-corrected chi connectivity index (χ0v) is 19.9. The molecule has 8 heteroatoms. The molecular formula is C25H37N7O. The summed E-state index contributed by atoms with van der Waals surface area (Å²) >= 11 is 0. The topological polar surface area (TPSA) is 99.4 Å². The van der Waals surface area contributed by atoms with Crippen LogP contribution in [0.25, 0.3) is 0 Å². The maximum absolute atomic E-state index is 12.8. The van der Waals surface area contributed by atoms with Gasteiger partial charge in [-0.2, -0.15) is 4.98 Å². The number of piperidine rings is 1. The van der Waals surface area contributed by atoms with E-state index in [0.717, 1.165) is 56.0 Å². The smallest absolute Gasteiger partial charge is 0.229 e. The quantitative estimate of drug-likeness (QED) is 0.478. The SMILES string of the molecule is CN(C)C1CCN(C(=O)Cc2cccc(Nc3ncc(C4CC4)c(NCCCN)n3)c2)CC1. The van der Waals surface area contributed by atoms with Crippen LogP contribution in [0, 0.1) is 0 Å². The second-order valence-corrected chi connectivity index (χ2v) is 9.42. The van der Waals surface area contributed by atoms with Gasteiger partial charge in [-0.05, 0) is 76.4 Å². The van der Waals surface area contributed by atoms with Crippen LogP contribution in [0.1, 0.15) is 49.1 Å². The second kappa shape index (κ2) is 10.9. The molecule has 2 fully saturated rings. The fourth-order valence-corrected chi connectivity index (χ4v) is 4.40. The number of aromatic nitrogens is 2. The Morgan fingerprint density at radius 2 is 2.00 bits per heavy atom. The molecule has 1 aliphatic carbocycles. The molecule has 0 bridgehead atoms. The predicted molar refractivity (Wildman–Crippen MR) is 133 cm³/mol. The molecule has 2 aromatic rings. The Morgan fingerprint density at radius 1 is 1.21 bits per heavy atom. The molecule has 8 nitrogen and oxygen atoms in total. The minimum Gasteiger partial charge on any atom is -0.370 e. The van der Waals surface area contributed by atoms with Crippen molar-refractivity contribution in [1.82, 2.24) is 19.8 Å². The van der Waals surface area contributed by atoms with Crippen LogP contribution >= 0.6 is 0 Å². The van der Waals surface area contributed by atoms with E-state index in [1.54, 1.807) is 0 Å². The zero-order valence-electron chi connectivity index (χ0n) is 19.9. The van der Waals surface area contributed by atoms with Crippen LogP contribution in [0.5, 0.6) is 0 Å². The molecule has 1 aromatic carbocycles. The maximum Gasteiger partial charge on any atom is 0.229 e. The molecule has 2 aliphatic rings. The third kappa shape index (κ3) is 6.42. The molecule has 1 amide bonds. The van der Waals surface area contributed by atoms with Gasteiger partial charge in [0.15, 0.2) is 0 Å². The van der Waals surface area contributed by atoms with Gasteiger partial charge in [-0.1, -0.05) is 12.1 Å². The molecule has 33 heavy (non-hydrogen) atoms. The fourth-order valence-electron chi connectivity index (χ4n) is 4.40. The van der Waals surface area contributed by atoms with Crippen molar-refractivity contribution in [3.63, 3.8) is 0 Å². The van der Waals surface area contributed by atoms with Gasteiger partial charge in [0.2, 0.25) is 11.9 Å². The Hall–Kier alpha value is -2.71. The van der Waals surface area contributed by atoms with Gasteiger partial charge >= 0.3 is 0 Å². The number of amides is 1. The summed E-state index contributed by atoms with van der Waals surface area (Å²) in [5.74, 6) is 2.22. The average molecular weight is 452 g/mol. The number of nitrogens with zero attached hydrogens (tertiary/aromatic N) is 4. The van der Waals surface area contributed by atoms with Gasteiger partial charge < -0.3 is 26.2 Å². The van der Waals surface area contributed by atoms with Gasteiger partial charge in [0.25, 0.3) is 0 Å². The number of rotatable bonds is 10. The highest BCUT2D eigenvalue weighted by Crippen LogP contribution is 2.42. The minimum absolute atomic E-state index is 0.195. The van der Waals surface area contributed by atoms with E-state index in [1.807, 2.05) is 35.4 Å². The summed E-state index contributed by atoms with van der Waals surface area (Å²) in [7, 11) is 4.23. The maximum atomic E-state index is 12.8. The van der Waals surface area contributed by atoms with E-state index >= 15 is 0 Å². The fraction of sp³-hybridized carbons (Fsp3) is 0.560. The first-order valence-electron chi connectivity index (χ1n) is 12.1. The van der Waals surface area contributed by atoms with Crippen LogP contribution in [0.4, 0.5) is 17.5 Å². The number of carbonyl (C=O) groups is 1. The molecule has 1 saturated heterocycles. The summed E-state index contributed by atoms with van der Waals surface area (Å²) < 4.78 is 0. The Balaban J connectivity index is 1.38. The van der Waals surface area contributed by atoms with Crippen molar-refractivity contribution < 1.29 is 4.79 Å². The van der Waals surface area contributed by atoms with E-state index < -0.39 is 0 Å². The normalized spacial score (nSPS) is 16.8. The number of anilines is 3. The summed E-state index contributed by atoms with van der Waals surface area (Å²) in [6.07, 6.45) is 7.72. The minimum atomic E-state index is 0.195. The highest BCUT2D eigenvalue weighted by Gasteiger charge is 2.27.